The van der Waals surface area contributed by atoms with Gasteiger partial charge in [-0.25, -0.2) is 4.98 Å². The van der Waals surface area contributed by atoms with Gasteiger partial charge in [0.2, 0.25) is 0 Å². The predicted molar refractivity (Wildman–Crippen MR) is 70.8 cm³/mol. The summed E-state index contributed by atoms with van der Waals surface area (Å²) < 4.78 is 5.73. The van der Waals surface area contributed by atoms with E-state index in [0.29, 0.717) is 17.0 Å². The van der Waals surface area contributed by atoms with E-state index in [4.69, 9.17) is 10.2 Å². The second kappa shape index (κ2) is 3.57. The van der Waals surface area contributed by atoms with Gasteiger partial charge in [0.05, 0.1) is 0 Å². The zero-order valence-corrected chi connectivity index (χ0v) is 10.2. The molecule has 0 amide bonds. The Labute approximate surface area is 103 Å². The molecule has 2 N–H and O–H groups in total. The molecule has 0 fully saturated rings. The lowest BCUT2D eigenvalue weighted by molar-refractivity contribution is 0.611. The molecule has 2 aliphatic rings. The van der Waals surface area contributed by atoms with Crippen LogP contribution in [0.2, 0.25) is 0 Å². The number of aromatic nitrogens is 1. The van der Waals surface area contributed by atoms with E-state index in [1.54, 1.807) is 12.1 Å². The quantitative estimate of drug-likeness (QED) is 0.484. The molecule has 1 aromatic rings. The van der Waals surface area contributed by atoms with Crippen molar-refractivity contribution in [3.63, 3.8) is 0 Å². The van der Waals surface area contributed by atoms with Gasteiger partial charge in [-0.15, -0.1) is 0 Å². The fraction of sp³-hybridized carbons (Fsp3) is 0.143. The molecule has 0 saturated carbocycles. The first kappa shape index (κ1) is 10.8. The molecule has 3 rings (SSSR count). The maximum Gasteiger partial charge on any atom is 0.182 e. The second-order valence-corrected chi connectivity index (χ2v) is 4.49. The molecule has 4 heteroatoms. The Morgan fingerprint density at radius 2 is 1.89 bits per heavy atom. The first-order valence-electron chi connectivity index (χ1n) is 5.66. The summed E-state index contributed by atoms with van der Waals surface area (Å²) in [7, 11) is 0. The van der Waals surface area contributed by atoms with Crippen LogP contribution in [0.1, 0.15) is 11.1 Å². The van der Waals surface area contributed by atoms with E-state index in [1.165, 1.54) is 6.07 Å². The number of hydrogen-bond donors (Lipinski definition) is 1. The maximum atomic E-state index is 11.5. The van der Waals surface area contributed by atoms with Crippen LogP contribution in [0.4, 0.5) is 5.69 Å². The van der Waals surface area contributed by atoms with Gasteiger partial charge in [-0.05, 0) is 37.1 Å². The molecule has 0 radical (unpaired) electrons. The fourth-order valence-electron chi connectivity index (χ4n) is 2.16. The van der Waals surface area contributed by atoms with E-state index in [1.807, 2.05) is 19.9 Å². The lowest BCUT2D eigenvalue weighted by Gasteiger charge is -2.10. The van der Waals surface area contributed by atoms with Gasteiger partial charge in [0.15, 0.2) is 16.8 Å². The number of fused-ring (bicyclic) bond motifs is 2. The van der Waals surface area contributed by atoms with Crippen LogP contribution in [0.3, 0.4) is 0 Å². The van der Waals surface area contributed by atoms with Crippen LogP contribution in [0.5, 0.6) is 0 Å². The molecular weight excluding hydrogens is 228 g/mol. The van der Waals surface area contributed by atoms with Gasteiger partial charge in [-0.1, -0.05) is 0 Å². The van der Waals surface area contributed by atoms with Crippen molar-refractivity contribution < 1.29 is 4.42 Å². The van der Waals surface area contributed by atoms with Gasteiger partial charge >= 0.3 is 0 Å². The number of anilines is 1. The zero-order chi connectivity index (χ0) is 12.9. The summed E-state index contributed by atoms with van der Waals surface area (Å²) in [5, 5.41) is 0. The predicted octanol–water partition coefficient (Wildman–Crippen LogP) is 2.49. The number of rotatable bonds is 0. The van der Waals surface area contributed by atoms with Gasteiger partial charge < -0.3 is 10.2 Å². The van der Waals surface area contributed by atoms with Crippen LogP contribution >= 0.6 is 0 Å². The first-order valence-corrected chi connectivity index (χ1v) is 5.66. The molecule has 1 aliphatic heterocycles. The average molecular weight is 240 g/mol. The maximum absolute atomic E-state index is 11.5. The number of nitrogens with two attached hydrogens (primary N) is 1. The summed E-state index contributed by atoms with van der Waals surface area (Å²) in [6, 6.07) is 6.59. The molecule has 0 aromatic heterocycles. The third-order valence-corrected chi connectivity index (χ3v) is 2.97. The van der Waals surface area contributed by atoms with Gasteiger partial charge in [0.1, 0.15) is 11.2 Å². The highest BCUT2D eigenvalue weighted by Gasteiger charge is 2.14. The molecule has 18 heavy (non-hydrogen) atoms. The van der Waals surface area contributed by atoms with Crippen LogP contribution < -0.4 is 11.2 Å². The Morgan fingerprint density at radius 3 is 2.67 bits per heavy atom. The van der Waals surface area contributed by atoms with Gasteiger partial charge in [-0.3, -0.25) is 4.79 Å². The third kappa shape index (κ3) is 1.54. The highest BCUT2D eigenvalue weighted by molar-refractivity contribution is 5.83. The molecule has 0 bridgehead atoms. The molecule has 0 spiro atoms. The molecular formula is C14H12N2O2. The van der Waals surface area contributed by atoms with E-state index in [0.717, 1.165) is 22.3 Å². The minimum absolute atomic E-state index is 0.0782. The smallest absolute Gasteiger partial charge is 0.182 e. The first-order chi connectivity index (χ1) is 8.54. The second-order valence-electron chi connectivity index (χ2n) is 4.49. The van der Waals surface area contributed by atoms with E-state index >= 15 is 0 Å². The molecule has 0 unspecified atom stereocenters. The lowest BCUT2D eigenvalue weighted by atomic mass is 10.1. The number of hydrogen-bond acceptors (Lipinski definition) is 4. The molecule has 1 aliphatic carbocycles. The summed E-state index contributed by atoms with van der Waals surface area (Å²) in [5.74, 6) is 0.498. The van der Waals surface area contributed by atoms with Crippen LogP contribution in [0, 0.1) is 13.8 Å². The Hall–Kier alpha value is -2.36. The third-order valence-electron chi connectivity index (χ3n) is 2.97. The average Bonchev–Trinajstić information content (AvgIpc) is 2.26. The number of nitrogen functional groups attached to an aromatic ring is 1. The van der Waals surface area contributed by atoms with E-state index in [9.17, 15) is 4.79 Å². The Balaban J connectivity index is 2.52. The zero-order valence-electron chi connectivity index (χ0n) is 10.2. The molecule has 0 atom stereocenters. The number of benzene rings is 2. The van der Waals surface area contributed by atoms with Crippen molar-refractivity contribution in [3.05, 3.63) is 45.6 Å². The minimum Gasteiger partial charge on any atom is -0.453 e. The molecule has 90 valence electrons. The van der Waals surface area contributed by atoms with E-state index in [-0.39, 0.29) is 5.43 Å². The van der Waals surface area contributed by atoms with Gasteiger partial charge in [0.25, 0.3) is 0 Å². The van der Waals surface area contributed by atoms with Crippen molar-refractivity contribution >= 4 is 16.8 Å². The molecule has 1 aromatic carbocycles. The molecule has 4 nitrogen and oxygen atoms in total. The van der Waals surface area contributed by atoms with Crippen molar-refractivity contribution in [2.45, 2.75) is 13.8 Å². The van der Waals surface area contributed by atoms with Crippen molar-refractivity contribution in [2.75, 3.05) is 5.73 Å². The molecule has 0 saturated heterocycles. The largest absolute Gasteiger partial charge is 0.453 e. The topological polar surface area (TPSA) is 69.1 Å². The summed E-state index contributed by atoms with van der Waals surface area (Å²) in [4.78, 5) is 16.0. The Kier molecular flexibility index (Phi) is 2.13. The number of nitrogens with zero attached hydrogens (tertiary/aromatic N) is 1. The number of aryl methyl sites for hydroxylation is 2. The Bertz CT molecular complexity index is 790. The van der Waals surface area contributed by atoms with Crippen molar-refractivity contribution in [2.24, 2.45) is 0 Å². The standard InChI is InChI=1S/C14H12N2O2/c1-7-3-9(15)5-11-13(7)16-14-8(2)4-10(17)6-12(14)18-11/h3-6H,15H2,1-2H3. The normalized spacial score (nSPS) is 11.2. The van der Waals surface area contributed by atoms with Crippen LogP contribution in [0.15, 0.2) is 33.5 Å². The summed E-state index contributed by atoms with van der Waals surface area (Å²) in [6.07, 6.45) is 0. The molecule has 1 heterocycles. The summed E-state index contributed by atoms with van der Waals surface area (Å²) in [5.41, 5.74) is 10.2. The highest BCUT2D eigenvalue weighted by Crippen LogP contribution is 2.29. The van der Waals surface area contributed by atoms with Gasteiger partial charge in [0, 0.05) is 17.8 Å². The minimum atomic E-state index is -0.0782. The summed E-state index contributed by atoms with van der Waals surface area (Å²) >= 11 is 0. The van der Waals surface area contributed by atoms with E-state index in [2.05, 4.69) is 4.98 Å². The van der Waals surface area contributed by atoms with Crippen LogP contribution in [-0.4, -0.2) is 4.98 Å². The Morgan fingerprint density at radius 1 is 1.11 bits per heavy atom. The fourth-order valence-corrected chi connectivity index (χ4v) is 2.16. The monoisotopic (exact) mass is 240 g/mol. The highest BCUT2D eigenvalue weighted by atomic mass is 16.3. The van der Waals surface area contributed by atoms with Crippen molar-refractivity contribution in [1.82, 2.24) is 4.98 Å². The van der Waals surface area contributed by atoms with Crippen LogP contribution in [0.25, 0.3) is 22.6 Å². The lowest BCUT2D eigenvalue weighted by Crippen LogP contribution is -2.03. The SMILES string of the molecule is Cc1cc(=O)cc2oc3cc(N)cc(C)c3nc1-2. The van der Waals surface area contributed by atoms with Gasteiger partial charge in [-0.2, -0.15) is 0 Å². The van der Waals surface area contributed by atoms with E-state index < -0.39 is 0 Å². The van der Waals surface area contributed by atoms with Crippen molar-refractivity contribution in [1.29, 1.82) is 0 Å². The van der Waals surface area contributed by atoms with Crippen molar-refractivity contribution in [3.8, 4) is 11.5 Å². The van der Waals surface area contributed by atoms with Crippen LogP contribution in [-0.2, 0) is 0 Å². The summed E-state index contributed by atoms with van der Waals surface area (Å²) in [6.45, 7) is 3.79.